The Kier molecular flexibility index (Phi) is 3.57. The number of aromatic nitrogens is 1. The van der Waals surface area contributed by atoms with E-state index in [1.165, 1.54) is 0 Å². The van der Waals surface area contributed by atoms with Gasteiger partial charge in [0.05, 0.1) is 6.54 Å². The fourth-order valence-corrected chi connectivity index (χ4v) is 2.00. The van der Waals surface area contributed by atoms with Crippen molar-refractivity contribution in [2.45, 2.75) is 12.6 Å². The van der Waals surface area contributed by atoms with Crippen LogP contribution in [0.25, 0.3) is 0 Å². The predicted molar refractivity (Wildman–Crippen MR) is 63.7 cm³/mol. The van der Waals surface area contributed by atoms with E-state index in [9.17, 15) is 9.59 Å². The van der Waals surface area contributed by atoms with Crippen molar-refractivity contribution >= 4 is 11.9 Å². The fourth-order valence-electron chi connectivity index (χ4n) is 2.00. The summed E-state index contributed by atoms with van der Waals surface area (Å²) >= 11 is 0. The van der Waals surface area contributed by atoms with Crippen molar-refractivity contribution < 1.29 is 14.7 Å². The summed E-state index contributed by atoms with van der Waals surface area (Å²) in [7, 11) is 1.65. The number of aliphatic carboxylic acids is 1. The molecule has 1 aromatic rings. The van der Waals surface area contributed by atoms with Crippen LogP contribution >= 0.6 is 0 Å². The van der Waals surface area contributed by atoms with Crippen LogP contribution in [0.5, 0.6) is 0 Å². The van der Waals surface area contributed by atoms with E-state index >= 15 is 0 Å². The molecule has 2 heterocycles. The highest BCUT2D eigenvalue weighted by atomic mass is 16.4. The Morgan fingerprint density at radius 3 is 2.78 bits per heavy atom. The van der Waals surface area contributed by atoms with Crippen LogP contribution in [0, 0.1) is 0 Å². The van der Waals surface area contributed by atoms with Gasteiger partial charge in [0, 0.05) is 25.5 Å². The third kappa shape index (κ3) is 2.65. The first kappa shape index (κ1) is 12.5. The van der Waals surface area contributed by atoms with Crippen LogP contribution in [0.2, 0.25) is 0 Å². The van der Waals surface area contributed by atoms with E-state index in [1.807, 2.05) is 12.1 Å². The number of pyridine rings is 1. The molecule has 0 bridgehead atoms. The summed E-state index contributed by atoms with van der Waals surface area (Å²) in [6, 6.07) is 3.01. The highest BCUT2D eigenvalue weighted by Gasteiger charge is 2.33. The molecule has 6 heteroatoms. The molecule has 18 heavy (non-hydrogen) atoms. The number of carbonyl (C=O) groups is 2. The quantitative estimate of drug-likeness (QED) is 0.803. The molecule has 2 rings (SSSR count). The van der Waals surface area contributed by atoms with E-state index in [1.54, 1.807) is 29.2 Å². The van der Waals surface area contributed by atoms with E-state index in [2.05, 4.69) is 4.98 Å². The van der Waals surface area contributed by atoms with Gasteiger partial charge in [-0.3, -0.25) is 19.5 Å². The molecule has 1 fully saturated rings. The highest BCUT2D eigenvalue weighted by Crippen LogP contribution is 2.12. The molecule has 0 radical (unpaired) electrons. The summed E-state index contributed by atoms with van der Waals surface area (Å²) in [5.74, 6) is -0.948. The average molecular weight is 249 g/mol. The van der Waals surface area contributed by atoms with Crippen molar-refractivity contribution in [2.75, 3.05) is 20.1 Å². The number of carboxylic acids is 1. The van der Waals surface area contributed by atoms with Gasteiger partial charge < -0.3 is 10.0 Å². The molecule has 1 N–H and O–H groups in total. The van der Waals surface area contributed by atoms with Crippen molar-refractivity contribution in [1.82, 2.24) is 14.8 Å². The zero-order chi connectivity index (χ0) is 13.1. The third-order valence-electron chi connectivity index (χ3n) is 3.07. The molecule has 1 aliphatic heterocycles. The molecule has 1 aliphatic rings. The number of hydrogen-bond acceptors (Lipinski definition) is 4. The van der Waals surface area contributed by atoms with Gasteiger partial charge in [0.15, 0.2) is 0 Å². The van der Waals surface area contributed by atoms with Crippen LogP contribution in [-0.4, -0.2) is 57.9 Å². The summed E-state index contributed by atoms with van der Waals surface area (Å²) in [6.07, 6.45) is 3.31. The van der Waals surface area contributed by atoms with E-state index in [0.29, 0.717) is 6.54 Å². The number of carbonyl (C=O) groups excluding carboxylic acids is 1. The lowest BCUT2D eigenvalue weighted by atomic mass is 10.1. The molecule has 0 aromatic carbocycles. The van der Waals surface area contributed by atoms with Gasteiger partial charge in [0.2, 0.25) is 5.91 Å². The number of nitrogens with zero attached hydrogens (tertiary/aromatic N) is 3. The van der Waals surface area contributed by atoms with Crippen molar-refractivity contribution in [3.05, 3.63) is 30.1 Å². The molecule has 0 aliphatic carbocycles. The molecule has 1 aromatic heterocycles. The fraction of sp³-hybridized carbons (Fsp3) is 0.417. The first-order chi connectivity index (χ1) is 8.58. The number of carboxylic acid groups (broad SMARTS) is 1. The zero-order valence-electron chi connectivity index (χ0n) is 10.1. The summed E-state index contributed by atoms with van der Waals surface area (Å²) in [5.41, 5.74) is 0.951. The number of hydrogen-bond donors (Lipinski definition) is 1. The minimum absolute atomic E-state index is 0.0492. The zero-order valence-corrected chi connectivity index (χ0v) is 10.1. The van der Waals surface area contributed by atoms with Gasteiger partial charge in [-0.05, 0) is 24.7 Å². The van der Waals surface area contributed by atoms with Gasteiger partial charge in [-0.1, -0.05) is 0 Å². The molecule has 96 valence electrons. The van der Waals surface area contributed by atoms with Crippen molar-refractivity contribution in [1.29, 1.82) is 0 Å². The monoisotopic (exact) mass is 249 g/mol. The third-order valence-corrected chi connectivity index (χ3v) is 3.07. The molecule has 1 atom stereocenters. The Hall–Kier alpha value is -1.95. The van der Waals surface area contributed by atoms with E-state index < -0.39 is 12.0 Å². The van der Waals surface area contributed by atoms with E-state index in [-0.39, 0.29) is 19.0 Å². The molecular weight excluding hydrogens is 234 g/mol. The van der Waals surface area contributed by atoms with Gasteiger partial charge in [-0.15, -0.1) is 0 Å². The van der Waals surface area contributed by atoms with Crippen LogP contribution in [-0.2, 0) is 16.1 Å². The normalized spacial score (nSPS) is 21.1. The Labute approximate surface area is 105 Å². The van der Waals surface area contributed by atoms with Crippen LogP contribution < -0.4 is 0 Å². The second-order valence-electron chi connectivity index (χ2n) is 4.40. The molecule has 0 spiro atoms. The predicted octanol–water partition coefficient (Wildman–Crippen LogP) is -0.191. The lowest BCUT2D eigenvalue weighted by Gasteiger charge is -2.36. The van der Waals surface area contributed by atoms with Gasteiger partial charge >= 0.3 is 5.97 Å². The van der Waals surface area contributed by atoms with Gasteiger partial charge in [-0.2, -0.15) is 0 Å². The Morgan fingerprint density at radius 2 is 2.17 bits per heavy atom. The van der Waals surface area contributed by atoms with Crippen molar-refractivity contribution in [3.63, 3.8) is 0 Å². The Balaban J connectivity index is 2.08. The molecule has 0 saturated carbocycles. The molecular formula is C12H15N3O3. The Bertz CT molecular complexity index is 449. The summed E-state index contributed by atoms with van der Waals surface area (Å²) in [4.78, 5) is 30.0. The van der Waals surface area contributed by atoms with E-state index in [4.69, 9.17) is 5.11 Å². The second kappa shape index (κ2) is 5.14. The largest absolute Gasteiger partial charge is 0.480 e. The van der Waals surface area contributed by atoms with Crippen LogP contribution in [0.15, 0.2) is 24.5 Å². The van der Waals surface area contributed by atoms with Crippen molar-refractivity contribution in [2.24, 2.45) is 0 Å². The molecule has 6 nitrogen and oxygen atoms in total. The van der Waals surface area contributed by atoms with E-state index in [0.717, 1.165) is 5.56 Å². The summed E-state index contributed by atoms with van der Waals surface area (Å²) in [6.45, 7) is 0.786. The lowest BCUT2D eigenvalue weighted by molar-refractivity contribution is -0.151. The molecule has 1 unspecified atom stereocenters. The second-order valence-corrected chi connectivity index (χ2v) is 4.40. The van der Waals surface area contributed by atoms with Crippen LogP contribution in [0.3, 0.4) is 0 Å². The summed E-state index contributed by atoms with van der Waals surface area (Å²) < 4.78 is 0. The maximum Gasteiger partial charge on any atom is 0.322 e. The SMILES string of the molecule is CN1CC(=O)N(Cc2ccncc2)CC1C(=O)O. The smallest absolute Gasteiger partial charge is 0.322 e. The van der Waals surface area contributed by atoms with Gasteiger partial charge in [-0.25, -0.2) is 0 Å². The van der Waals surface area contributed by atoms with Crippen LogP contribution in [0.1, 0.15) is 5.56 Å². The maximum atomic E-state index is 11.9. The number of rotatable bonds is 3. The summed E-state index contributed by atoms with van der Waals surface area (Å²) in [5, 5.41) is 9.09. The Morgan fingerprint density at radius 1 is 1.50 bits per heavy atom. The molecule has 1 saturated heterocycles. The standard InChI is InChI=1S/C12H15N3O3/c1-14-8-11(16)15(7-10(14)12(17)18)6-9-2-4-13-5-3-9/h2-5,10H,6-8H2,1H3,(H,17,18). The van der Waals surface area contributed by atoms with Crippen LogP contribution in [0.4, 0.5) is 0 Å². The average Bonchev–Trinajstić information content (AvgIpc) is 2.33. The number of piperazine rings is 1. The number of likely N-dealkylation sites (N-methyl/N-ethyl adjacent to an activating group) is 1. The van der Waals surface area contributed by atoms with Gasteiger partial charge in [0.25, 0.3) is 0 Å². The minimum Gasteiger partial charge on any atom is -0.480 e. The first-order valence-electron chi connectivity index (χ1n) is 5.67. The lowest BCUT2D eigenvalue weighted by Crippen LogP contribution is -2.57. The maximum absolute atomic E-state index is 11.9. The molecule has 1 amide bonds. The number of amides is 1. The first-order valence-corrected chi connectivity index (χ1v) is 5.67. The van der Waals surface area contributed by atoms with Gasteiger partial charge in [0.1, 0.15) is 6.04 Å². The highest BCUT2D eigenvalue weighted by molar-refractivity contribution is 5.83. The van der Waals surface area contributed by atoms with Crippen molar-refractivity contribution in [3.8, 4) is 0 Å². The minimum atomic E-state index is -0.898. The topological polar surface area (TPSA) is 73.7 Å².